The maximum atomic E-state index is 12.7. The molecule has 156 valence electrons. The number of carboxylic acid groups (broad SMARTS) is 1. The molecule has 0 radical (unpaired) electrons. The van der Waals surface area contributed by atoms with Crippen LogP contribution in [0.5, 0.6) is 0 Å². The predicted molar refractivity (Wildman–Crippen MR) is 117 cm³/mol. The van der Waals surface area contributed by atoms with E-state index in [0.29, 0.717) is 17.8 Å². The molecule has 0 bridgehead atoms. The van der Waals surface area contributed by atoms with Gasteiger partial charge in [-0.1, -0.05) is 25.1 Å². The Morgan fingerprint density at radius 2 is 1.83 bits per heavy atom. The average molecular weight is 406 g/mol. The first kappa shape index (κ1) is 21.1. The summed E-state index contributed by atoms with van der Waals surface area (Å²) in [5, 5.41) is 16.8. The number of nitrogens with one attached hydrogen (secondary N) is 1. The third-order valence-electron chi connectivity index (χ3n) is 4.76. The van der Waals surface area contributed by atoms with E-state index in [1.165, 1.54) is 6.07 Å². The van der Waals surface area contributed by atoms with Gasteiger partial charge in [-0.2, -0.15) is 5.10 Å². The zero-order valence-corrected chi connectivity index (χ0v) is 17.4. The fourth-order valence-electron chi connectivity index (χ4n) is 3.35. The van der Waals surface area contributed by atoms with Crippen LogP contribution in [-0.2, 0) is 13.1 Å². The average Bonchev–Trinajstić information content (AvgIpc) is 3.07. The highest BCUT2D eigenvalue weighted by atomic mass is 16.4. The van der Waals surface area contributed by atoms with Gasteiger partial charge in [0.25, 0.3) is 5.91 Å². The van der Waals surface area contributed by atoms with Crippen LogP contribution >= 0.6 is 0 Å². The van der Waals surface area contributed by atoms with Crippen LogP contribution in [0.3, 0.4) is 0 Å². The minimum Gasteiger partial charge on any atom is -0.478 e. The quantitative estimate of drug-likeness (QED) is 0.586. The molecule has 0 saturated carbocycles. The van der Waals surface area contributed by atoms with E-state index in [1.54, 1.807) is 36.4 Å². The smallest absolute Gasteiger partial charge is 0.335 e. The fraction of sp³-hybridized carbons (Fsp3) is 0.261. The predicted octanol–water partition coefficient (Wildman–Crippen LogP) is 4.19. The van der Waals surface area contributed by atoms with E-state index in [1.807, 2.05) is 35.7 Å². The Morgan fingerprint density at radius 1 is 1.10 bits per heavy atom. The summed E-state index contributed by atoms with van der Waals surface area (Å²) in [7, 11) is 1.91. The Balaban J connectivity index is 1.91. The molecule has 1 aromatic heterocycles. The summed E-state index contributed by atoms with van der Waals surface area (Å²) in [6.07, 6.45) is 0.976. The Labute approximate surface area is 175 Å². The molecule has 7 nitrogen and oxygen atoms in total. The molecule has 30 heavy (non-hydrogen) atoms. The van der Waals surface area contributed by atoms with E-state index >= 15 is 0 Å². The molecule has 3 aromatic rings. The van der Waals surface area contributed by atoms with Crippen LogP contribution in [0.1, 0.15) is 45.4 Å². The number of hydrogen-bond acceptors (Lipinski definition) is 4. The van der Waals surface area contributed by atoms with Gasteiger partial charge in [-0.05, 0) is 49.7 Å². The number of carbonyl (C=O) groups is 2. The first-order valence-electron chi connectivity index (χ1n) is 9.87. The Morgan fingerprint density at radius 3 is 2.50 bits per heavy atom. The maximum Gasteiger partial charge on any atom is 0.335 e. The van der Waals surface area contributed by atoms with Gasteiger partial charge in [0.2, 0.25) is 0 Å². The van der Waals surface area contributed by atoms with Crippen molar-refractivity contribution in [2.45, 2.75) is 33.4 Å². The molecule has 3 rings (SSSR count). The van der Waals surface area contributed by atoms with E-state index < -0.39 is 5.97 Å². The number of amides is 1. The van der Waals surface area contributed by atoms with Crippen molar-refractivity contribution < 1.29 is 14.7 Å². The minimum absolute atomic E-state index is 0.113. The molecule has 0 aliphatic rings. The van der Waals surface area contributed by atoms with Crippen LogP contribution in [0.15, 0.2) is 54.6 Å². The van der Waals surface area contributed by atoms with Crippen molar-refractivity contribution in [3.8, 4) is 0 Å². The number of nitrogens with zero attached hydrogens (tertiary/aromatic N) is 3. The monoisotopic (exact) mass is 406 g/mol. The molecule has 2 N–H and O–H groups in total. The van der Waals surface area contributed by atoms with Crippen molar-refractivity contribution in [3.05, 3.63) is 77.1 Å². The summed E-state index contributed by atoms with van der Waals surface area (Å²) in [4.78, 5) is 26.1. The van der Waals surface area contributed by atoms with E-state index in [4.69, 9.17) is 0 Å². The topological polar surface area (TPSA) is 87.5 Å². The number of carboxylic acids is 1. The number of anilines is 2. The second-order valence-corrected chi connectivity index (χ2v) is 7.21. The Bertz CT molecular complexity index is 1040. The molecule has 0 unspecified atom stereocenters. The van der Waals surface area contributed by atoms with Gasteiger partial charge in [0.05, 0.1) is 34.9 Å². The summed E-state index contributed by atoms with van der Waals surface area (Å²) in [6.45, 7) is 5.46. The highest BCUT2D eigenvalue weighted by Gasteiger charge is 2.16. The van der Waals surface area contributed by atoms with Gasteiger partial charge in [-0.3, -0.25) is 9.48 Å². The van der Waals surface area contributed by atoms with Gasteiger partial charge in [0.15, 0.2) is 0 Å². The van der Waals surface area contributed by atoms with Gasteiger partial charge in [-0.25, -0.2) is 4.79 Å². The number of aryl methyl sites for hydroxylation is 2. The number of carbonyl (C=O) groups excluding carboxylic acids is 1. The second kappa shape index (κ2) is 9.26. The van der Waals surface area contributed by atoms with Crippen molar-refractivity contribution in [2.75, 3.05) is 17.3 Å². The third kappa shape index (κ3) is 4.86. The van der Waals surface area contributed by atoms with Crippen LogP contribution < -0.4 is 10.2 Å². The molecule has 0 aliphatic carbocycles. The van der Waals surface area contributed by atoms with Crippen LogP contribution in [0.25, 0.3) is 0 Å². The Kier molecular flexibility index (Phi) is 6.51. The molecule has 0 saturated heterocycles. The molecule has 2 aromatic carbocycles. The van der Waals surface area contributed by atoms with Crippen LogP contribution in [-0.4, -0.2) is 33.8 Å². The van der Waals surface area contributed by atoms with E-state index in [-0.39, 0.29) is 11.5 Å². The van der Waals surface area contributed by atoms with Crippen molar-refractivity contribution in [1.29, 1.82) is 0 Å². The number of aromatic carboxylic acids is 1. The van der Waals surface area contributed by atoms with Crippen LogP contribution in [0.4, 0.5) is 11.4 Å². The van der Waals surface area contributed by atoms with Gasteiger partial charge in [0.1, 0.15) is 0 Å². The molecule has 7 heteroatoms. The van der Waals surface area contributed by atoms with Crippen molar-refractivity contribution in [2.24, 2.45) is 0 Å². The number of hydrogen-bond donors (Lipinski definition) is 2. The minimum atomic E-state index is -1.05. The van der Waals surface area contributed by atoms with Crippen molar-refractivity contribution in [1.82, 2.24) is 9.78 Å². The normalized spacial score (nSPS) is 10.6. The Hall–Kier alpha value is -3.61. The molecule has 1 amide bonds. The van der Waals surface area contributed by atoms with Crippen molar-refractivity contribution >= 4 is 23.3 Å². The lowest BCUT2D eigenvalue weighted by atomic mass is 10.1. The van der Waals surface area contributed by atoms with E-state index in [9.17, 15) is 14.7 Å². The summed E-state index contributed by atoms with van der Waals surface area (Å²) >= 11 is 0. The van der Waals surface area contributed by atoms with Crippen LogP contribution in [0.2, 0.25) is 0 Å². The van der Waals surface area contributed by atoms with Gasteiger partial charge >= 0.3 is 5.97 Å². The number of aromatic nitrogens is 2. The van der Waals surface area contributed by atoms with E-state index in [2.05, 4.69) is 17.3 Å². The molecule has 0 spiro atoms. The van der Waals surface area contributed by atoms with Gasteiger partial charge < -0.3 is 15.3 Å². The zero-order valence-electron chi connectivity index (χ0n) is 17.4. The van der Waals surface area contributed by atoms with Crippen molar-refractivity contribution in [3.63, 3.8) is 0 Å². The third-order valence-corrected chi connectivity index (χ3v) is 4.76. The summed E-state index contributed by atoms with van der Waals surface area (Å²) in [5.41, 5.74) is 3.80. The molecule has 0 atom stereocenters. The van der Waals surface area contributed by atoms with Crippen LogP contribution in [0, 0.1) is 6.92 Å². The molecule has 1 heterocycles. The molecular formula is C23H26N4O3. The first-order valence-corrected chi connectivity index (χ1v) is 9.87. The SMILES string of the molecule is CCCn1nc(C)cc1CN(C)c1ccc(C(=O)O)cc1NC(=O)c1ccccc1. The lowest BCUT2D eigenvalue weighted by molar-refractivity contribution is 0.0696. The summed E-state index contributed by atoms with van der Waals surface area (Å²) < 4.78 is 1.99. The lowest BCUT2D eigenvalue weighted by Crippen LogP contribution is -2.22. The number of rotatable bonds is 8. The highest BCUT2D eigenvalue weighted by molar-refractivity contribution is 6.06. The first-order chi connectivity index (χ1) is 14.4. The summed E-state index contributed by atoms with van der Waals surface area (Å²) in [5.74, 6) is -1.34. The standard InChI is InChI=1S/C23H26N4O3/c1-4-12-27-19(13-16(2)25-27)15-26(3)21-11-10-18(23(29)30)14-20(21)24-22(28)17-8-6-5-7-9-17/h5-11,13-14H,4,12,15H2,1-3H3,(H,24,28)(H,29,30). The molecule has 0 aliphatic heterocycles. The second-order valence-electron chi connectivity index (χ2n) is 7.21. The van der Waals surface area contributed by atoms with Gasteiger partial charge in [0, 0.05) is 19.2 Å². The largest absolute Gasteiger partial charge is 0.478 e. The zero-order chi connectivity index (χ0) is 21.7. The van der Waals surface area contributed by atoms with Gasteiger partial charge in [-0.15, -0.1) is 0 Å². The highest BCUT2D eigenvalue weighted by Crippen LogP contribution is 2.28. The molecular weight excluding hydrogens is 380 g/mol. The maximum absolute atomic E-state index is 12.7. The number of benzene rings is 2. The lowest BCUT2D eigenvalue weighted by Gasteiger charge is -2.23. The molecule has 0 fully saturated rings. The van der Waals surface area contributed by atoms with E-state index in [0.717, 1.165) is 30.0 Å². The fourth-order valence-corrected chi connectivity index (χ4v) is 3.35. The summed E-state index contributed by atoms with van der Waals surface area (Å²) in [6, 6.07) is 15.6.